The van der Waals surface area contributed by atoms with Gasteiger partial charge in [-0.2, -0.15) is 0 Å². The molecule has 0 fully saturated rings. The number of rotatable bonds is 6. The summed E-state index contributed by atoms with van der Waals surface area (Å²) >= 11 is 1.87. The first-order valence-corrected chi connectivity index (χ1v) is 22.3. The van der Waals surface area contributed by atoms with Crippen molar-refractivity contribution in [2.75, 3.05) is 0 Å². The van der Waals surface area contributed by atoms with Gasteiger partial charge in [0.25, 0.3) is 0 Å². The highest BCUT2D eigenvalue weighted by Crippen LogP contribution is 2.50. The lowest BCUT2D eigenvalue weighted by Crippen LogP contribution is -2.00. The maximum atomic E-state index is 5.55. The zero-order chi connectivity index (χ0) is 41.4. The molecule has 13 aromatic rings. The molecule has 0 aliphatic heterocycles. The molecule has 0 saturated heterocycles. The van der Waals surface area contributed by atoms with Crippen LogP contribution in [0, 0.1) is 0 Å². The third kappa shape index (κ3) is 5.62. The van der Waals surface area contributed by atoms with Crippen molar-refractivity contribution >= 4 is 75.9 Å². The maximum Gasteiger partial charge on any atom is 0.0803 e. The third-order valence-corrected chi connectivity index (χ3v) is 13.9. The average Bonchev–Trinajstić information content (AvgIpc) is 4.03. The topological polar surface area (TPSA) is 22.8 Å². The van der Waals surface area contributed by atoms with Crippen molar-refractivity contribution in [3.63, 3.8) is 0 Å². The second-order valence-electron chi connectivity index (χ2n) is 16.3. The molecule has 0 aliphatic rings. The van der Waals surface area contributed by atoms with Gasteiger partial charge in [0.2, 0.25) is 0 Å². The molecular formula is C59H37N3S. The molecule has 9 aromatic carbocycles. The Morgan fingerprint density at radius 2 is 0.778 bits per heavy atom. The van der Waals surface area contributed by atoms with Gasteiger partial charge in [-0.25, -0.2) is 4.98 Å². The Labute approximate surface area is 368 Å². The van der Waals surface area contributed by atoms with Crippen molar-refractivity contribution < 1.29 is 0 Å². The van der Waals surface area contributed by atoms with E-state index in [2.05, 4.69) is 234 Å². The van der Waals surface area contributed by atoms with Crippen LogP contribution < -0.4 is 0 Å². The van der Waals surface area contributed by atoms with E-state index in [4.69, 9.17) is 4.98 Å². The van der Waals surface area contributed by atoms with Gasteiger partial charge in [0.05, 0.1) is 33.3 Å². The number of nitrogens with zero attached hydrogens (tertiary/aromatic N) is 3. The number of pyridine rings is 1. The van der Waals surface area contributed by atoms with Crippen molar-refractivity contribution in [2.45, 2.75) is 0 Å². The average molecular weight is 820 g/mol. The number of hydrogen-bond donors (Lipinski definition) is 0. The molecule has 63 heavy (non-hydrogen) atoms. The van der Waals surface area contributed by atoms with Crippen molar-refractivity contribution in [2.24, 2.45) is 0 Å². The van der Waals surface area contributed by atoms with Crippen LogP contribution in [0.5, 0.6) is 0 Å². The van der Waals surface area contributed by atoms with Gasteiger partial charge in [0.1, 0.15) is 0 Å². The maximum absolute atomic E-state index is 5.55. The van der Waals surface area contributed by atoms with E-state index in [9.17, 15) is 0 Å². The van der Waals surface area contributed by atoms with Crippen molar-refractivity contribution in [1.29, 1.82) is 0 Å². The summed E-state index contributed by atoms with van der Waals surface area (Å²) in [4.78, 5) is 6.80. The lowest BCUT2D eigenvalue weighted by Gasteiger charge is -2.16. The van der Waals surface area contributed by atoms with Crippen LogP contribution in [0.15, 0.2) is 224 Å². The number of fused-ring (bicyclic) bond motifs is 9. The van der Waals surface area contributed by atoms with Gasteiger partial charge in [-0.1, -0.05) is 170 Å². The zero-order valence-corrected chi connectivity index (χ0v) is 34.9. The van der Waals surface area contributed by atoms with Crippen molar-refractivity contribution in [3.8, 4) is 55.3 Å². The Morgan fingerprint density at radius 1 is 0.333 bits per heavy atom. The van der Waals surface area contributed by atoms with E-state index in [1.807, 2.05) is 11.3 Å². The molecular weight excluding hydrogens is 783 g/mol. The minimum Gasteiger partial charge on any atom is -0.309 e. The van der Waals surface area contributed by atoms with Gasteiger partial charge in [-0.05, 0) is 76.9 Å². The third-order valence-electron chi connectivity index (χ3n) is 12.7. The van der Waals surface area contributed by atoms with E-state index >= 15 is 0 Å². The summed E-state index contributed by atoms with van der Waals surface area (Å²) in [5, 5.41) is 7.32. The summed E-state index contributed by atoms with van der Waals surface area (Å²) in [7, 11) is 0. The quantitative estimate of drug-likeness (QED) is 0.164. The van der Waals surface area contributed by atoms with Crippen LogP contribution in [0.25, 0.3) is 120 Å². The molecule has 0 aliphatic carbocycles. The van der Waals surface area contributed by atoms with Gasteiger partial charge < -0.3 is 9.13 Å². The predicted molar refractivity (Wildman–Crippen MR) is 268 cm³/mol. The van der Waals surface area contributed by atoms with Crippen LogP contribution in [0.1, 0.15) is 0 Å². The molecule has 0 bridgehead atoms. The first-order chi connectivity index (χ1) is 31.3. The first kappa shape index (κ1) is 35.7. The highest BCUT2D eigenvalue weighted by atomic mass is 32.1. The Morgan fingerprint density at radius 3 is 1.33 bits per heavy atom. The van der Waals surface area contributed by atoms with Gasteiger partial charge in [-0.3, -0.25) is 0 Å². The van der Waals surface area contributed by atoms with E-state index in [1.54, 1.807) is 0 Å². The summed E-state index contributed by atoms with van der Waals surface area (Å²) in [6.45, 7) is 0. The molecule has 0 radical (unpaired) electrons. The molecule has 4 aromatic heterocycles. The van der Waals surface area contributed by atoms with Gasteiger partial charge in [0.15, 0.2) is 0 Å². The number of benzene rings is 9. The first-order valence-electron chi connectivity index (χ1n) is 21.5. The molecule has 0 N–H and O–H groups in total. The zero-order valence-electron chi connectivity index (χ0n) is 34.1. The molecule has 3 nitrogen and oxygen atoms in total. The van der Waals surface area contributed by atoms with Crippen molar-refractivity contribution in [1.82, 2.24) is 14.1 Å². The smallest absolute Gasteiger partial charge is 0.0803 e. The molecule has 0 atom stereocenters. The van der Waals surface area contributed by atoms with E-state index in [0.717, 1.165) is 39.3 Å². The highest BCUT2D eigenvalue weighted by molar-refractivity contribution is 7.24. The molecule has 13 rings (SSSR count). The number of hydrogen-bond acceptors (Lipinski definition) is 2. The van der Waals surface area contributed by atoms with Crippen LogP contribution in [0.2, 0.25) is 0 Å². The molecule has 0 amide bonds. The van der Waals surface area contributed by atoms with Gasteiger partial charge >= 0.3 is 0 Å². The van der Waals surface area contributed by atoms with Crippen LogP contribution >= 0.6 is 11.3 Å². The second-order valence-corrected chi connectivity index (χ2v) is 17.3. The van der Waals surface area contributed by atoms with Crippen LogP contribution in [0.4, 0.5) is 0 Å². The van der Waals surface area contributed by atoms with E-state index in [0.29, 0.717) is 0 Å². The fourth-order valence-corrected chi connectivity index (χ4v) is 11.3. The van der Waals surface area contributed by atoms with Crippen LogP contribution in [-0.2, 0) is 0 Å². The summed E-state index contributed by atoms with van der Waals surface area (Å²) in [6, 6.07) is 81.5. The summed E-state index contributed by atoms with van der Waals surface area (Å²) < 4.78 is 6.12. The minimum absolute atomic E-state index is 0.990. The molecule has 294 valence electrons. The number of aromatic nitrogens is 3. The van der Waals surface area contributed by atoms with Crippen LogP contribution in [0.3, 0.4) is 0 Å². The Balaban J connectivity index is 1.10. The molecule has 4 heteroatoms. The molecule has 0 unspecified atom stereocenters. The Hall–Kier alpha value is -8.05. The van der Waals surface area contributed by atoms with Crippen molar-refractivity contribution in [3.05, 3.63) is 224 Å². The Kier molecular flexibility index (Phi) is 8.08. The molecule has 4 heterocycles. The Bertz CT molecular complexity index is 3670. The minimum atomic E-state index is 0.990. The normalized spacial score (nSPS) is 11.8. The fourth-order valence-electron chi connectivity index (χ4n) is 9.94. The summed E-state index contributed by atoms with van der Waals surface area (Å²) in [5.74, 6) is 0. The van der Waals surface area contributed by atoms with Gasteiger partial charge in [0, 0.05) is 64.4 Å². The lowest BCUT2D eigenvalue weighted by atomic mass is 9.93. The largest absolute Gasteiger partial charge is 0.309 e. The standard InChI is InChI=1S/C59H37N3S/c1-3-18-38(19-4-1)55-56-57(60-50-29-12-7-28-49(50)59(56)63-58(55)39-20-5-2-6-21-39)41-23-17-22-40(34-41)42-35-43(61-51-30-13-8-24-45(51)46-25-9-14-31-52(46)61)37-44(36-42)62-53-32-15-10-26-47(53)48-27-11-16-33-54(48)62/h1-37H. The lowest BCUT2D eigenvalue weighted by molar-refractivity contribution is 1.13. The van der Waals surface area contributed by atoms with Gasteiger partial charge in [-0.15, -0.1) is 11.3 Å². The van der Waals surface area contributed by atoms with E-state index in [-0.39, 0.29) is 0 Å². The molecule has 0 spiro atoms. The molecule has 0 saturated carbocycles. The van der Waals surface area contributed by atoms with E-state index < -0.39 is 0 Å². The van der Waals surface area contributed by atoms with E-state index in [1.165, 1.54) is 80.7 Å². The second kappa shape index (κ2) is 14.3. The fraction of sp³-hybridized carbons (Fsp3) is 0. The summed E-state index contributed by atoms with van der Waals surface area (Å²) in [5.41, 5.74) is 15.9. The monoisotopic (exact) mass is 819 g/mol. The SMILES string of the molecule is c1ccc(-c2sc3c(c(-c4cccc(-c5cc(-n6c7ccccc7c7ccccc76)cc(-n6c7ccccc7c7ccccc76)c5)c4)nc4ccccc43)c2-c2ccccc2)cc1. The number of thiophene rings is 1. The number of para-hydroxylation sites is 5. The summed E-state index contributed by atoms with van der Waals surface area (Å²) in [6.07, 6.45) is 0. The predicted octanol–water partition coefficient (Wildman–Crippen LogP) is 16.3. The van der Waals surface area contributed by atoms with Crippen LogP contribution in [-0.4, -0.2) is 14.1 Å². The highest BCUT2D eigenvalue weighted by Gasteiger charge is 2.23.